The number of nitrogen functional groups attached to an aromatic ring is 1. The summed E-state index contributed by atoms with van der Waals surface area (Å²) < 4.78 is 1.53. The molecule has 4 aromatic rings. The molecular weight excluding hydrogens is 326 g/mol. The Labute approximate surface area is 150 Å². The van der Waals surface area contributed by atoms with Gasteiger partial charge < -0.3 is 20.6 Å². The predicted octanol–water partition coefficient (Wildman–Crippen LogP) is 3.56. The largest absolute Gasteiger partial charge is 0.398 e. The molecule has 0 aliphatic heterocycles. The van der Waals surface area contributed by atoms with E-state index < -0.39 is 0 Å². The molecule has 2 aromatic heterocycles. The summed E-state index contributed by atoms with van der Waals surface area (Å²) in [6.45, 7) is 1.95. The fraction of sp³-hybridized carbons (Fsp3) is 0.100. The van der Waals surface area contributed by atoms with Crippen LogP contribution in [-0.4, -0.2) is 14.5 Å². The van der Waals surface area contributed by atoms with E-state index in [2.05, 4.69) is 15.3 Å². The van der Waals surface area contributed by atoms with Crippen LogP contribution in [0, 0.1) is 6.92 Å². The zero-order valence-corrected chi connectivity index (χ0v) is 14.6. The van der Waals surface area contributed by atoms with Crippen LogP contribution in [-0.2, 0) is 7.05 Å². The summed E-state index contributed by atoms with van der Waals surface area (Å²) in [6.07, 6.45) is 3.61. The predicted molar refractivity (Wildman–Crippen MR) is 106 cm³/mol. The van der Waals surface area contributed by atoms with Crippen LogP contribution in [0.5, 0.6) is 0 Å². The van der Waals surface area contributed by atoms with Crippen LogP contribution in [0.1, 0.15) is 5.56 Å². The minimum Gasteiger partial charge on any atom is -0.398 e. The minimum absolute atomic E-state index is 0.193. The molecule has 26 heavy (non-hydrogen) atoms. The first-order valence-electron chi connectivity index (χ1n) is 8.30. The van der Waals surface area contributed by atoms with Crippen LogP contribution in [0.3, 0.4) is 0 Å². The summed E-state index contributed by atoms with van der Waals surface area (Å²) in [5, 5.41) is 4.26. The number of hydrogen-bond acceptors (Lipinski definition) is 4. The molecule has 0 unspecified atom stereocenters. The Morgan fingerprint density at radius 2 is 2.04 bits per heavy atom. The molecule has 0 saturated heterocycles. The van der Waals surface area contributed by atoms with Crippen LogP contribution < -0.4 is 16.6 Å². The highest BCUT2D eigenvalue weighted by atomic mass is 16.1. The van der Waals surface area contributed by atoms with E-state index in [1.54, 1.807) is 13.2 Å². The molecule has 0 radical (unpaired) electrons. The molecule has 6 nitrogen and oxygen atoms in total. The molecule has 0 spiro atoms. The van der Waals surface area contributed by atoms with E-state index in [1.807, 2.05) is 55.6 Å². The highest BCUT2D eigenvalue weighted by molar-refractivity contribution is 5.83. The standard InChI is InChI=1S/C20H19N5O/c1-12-15(4-3-5-16(12)21)18-11-25(2)20(26)19(24-18)23-14-7-6-13-8-9-22-17(13)10-14/h3-11,22H,21H2,1-2H3,(H,23,24). The van der Waals surface area contributed by atoms with E-state index >= 15 is 0 Å². The van der Waals surface area contributed by atoms with Crippen molar-refractivity contribution in [2.24, 2.45) is 7.05 Å². The van der Waals surface area contributed by atoms with Crippen molar-refractivity contribution in [2.75, 3.05) is 11.1 Å². The maximum Gasteiger partial charge on any atom is 0.293 e. The van der Waals surface area contributed by atoms with Crippen molar-refractivity contribution in [2.45, 2.75) is 6.92 Å². The summed E-state index contributed by atoms with van der Waals surface area (Å²) in [6, 6.07) is 13.6. The van der Waals surface area contributed by atoms with Gasteiger partial charge in [0.25, 0.3) is 5.56 Å². The Balaban J connectivity index is 1.79. The van der Waals surface area contributed by atoms with Crippen LogP contribution >= 0.6 is 0 Å². The van der Waals surface area contributed by atoms with Gasteiger partial charge in [-0.15, -0.1) is 0 Å². The van der Waals surface area contributed by atoms with E-state index in [9.17, 15) is 4.79 Å². The van der Waals surface area contributed by atoms with Gasteiger partial charge in [-0.25, -0.2) is 4.98 Å². The fourth-order valence-corrected chi connectivity index (χ4v) is 3.01. The van der Waals surface area contributed by atoms with Gasteiger partial charge in [0.15, 0.2) is 5.82 Å². The van der Waals surface area contributed by atoms with Gasteiger partial charge in [-0.1, -0.05) is 18.2 Å². The molecule has 2 aromatic carbocycles. The number of hydrogen-bond donors (Lipinski definition) is 3. The Morgan fingerprint density at radius 1 is 1.19 bits per heavy atom. The molecule has 6 heteroatoms. The number of nitrogens with zero attached hydrogens (tertiary/aromatic N) is 2. The molecule has 4 rings (SSSR count). The maximum absolute atomic E-state index is 12.5. The van der Waals surface area contributed by atoms with Crippen molar-refractivity contribution in [3.05, 3.63) is 70.8 Å². The van der Waals surface area contributed by atoms with Crippen molar-refractivity contribution in [3.8, 4) is 11.3 Å². The minimum atomic E-state index is -0.193. The van der Waals surface area contributed by atoms with Gasteiger partial charge >= 0.3 is 0 Å². The number of aromatic amines is 1. The molecule has 130 valence electrons. The number of H-pyrrole nitrogens is 1. The number of nitrogens with two attached hydrogens (primary N) is 1. The van der Waals surface area contributed by atoms with Gasteiger partial charge in [0.1, 0.15) is 0 Å². The first kappa shape index (κ1) is 16.0. The highest BCUT2D eigenvalue weighted by Crippen LogP contribution is 2.26. The second-order valence-corrected chi connectivity index (χ2v) is 6.32. The number of fused-ring (bicyclic) bond motifs is 1. The van der Waals surface area contributed by atoms with Crippen LogP contribution in [0.4, 0.5) is 17.2 Å². The average molecular weight is 345 g/mol. The van der Waals surface area contributed by atoms with Gasteiger partial charge in [0, 0.05) is 41.9 Å². The first-order valence-corrected chi connectivity index (χ1v) is 8.30. The van der Waals surface area contributed by atoms with Crippen LogP contribution in [0.15, 0.2) is 59.7 Å². The molecule has 2 heterocycles. The fourth-order valence-electron chi connectivity index (χ4n) is 3.01. The molecule has 0 aliphatic rings. The van der Waals surface area contributed by atoms with Gasteiger partial charge in [0.2, 0.25) is 0 Å². The van der Waals surface area contributed by atoms with Gasteiger partial charge in [-0.3, -0.25) is 4.79 Å². The lowest BCUT2D eigenvalue weighted by molar-refractivity contribution is 0.848. The third-order valence-corrected chi connectivity index (χ3v) is 4.54. The maximum atomic E-state index is 12.5. The summed E-state index contributed by atoms with van der Waals surface area (Å²) in [4.78, 5) is 20.3. The Morgan fingerprint density at radius 3 is 2.88 bits per heavy atom. The van der Waals surface area contributed by atoms with Gasteiger partial charge in [-0.2, -0.15) is 0 Å². The Kier molecular flexibility index (Phi) is 3.73. The Hall–Kier alpha value is -3.54. The number of benzene rings is 2. The van der Waals surface area contributed by atoms with Crippen molar-refractivity contribution < 1.29 is 0 Å². The van der Waals surface area contributed by atoms with E-state index in [1.165, 1.54) is 4.57 Å². The monoisotopic (exact) mass is 345 g/mol. The molecule has 4 N–H and O–H groups in total. The smallest absolute Gasteiger partial charge is 0.293 e. The SMILES string of the molecule is Cc1c(N)cccc1-c1cn(C)c(=O)c(Nc2ccc3cc[nH]c3c2)n1. The molecular formula is C20H19N5O. The Bertz CT molecular complexity index is 1170. The molecule has 0 fully saturated rings. The van der Waals surface area contributed by atoms with Gasteiger partial charge in [0.05, 0.1) is 5.69 Å². The summed E-state index contributed by atoms with van der Waals surface area (Å²) in [5.41, 5.74) is 10.9. The summed E-state index contributed by atoms with van der Waals surface area (Å²) >= 11 is 0. The average Bonchev–Trinajstić information content (AvgIpc) is 3.09. The summed E-state index contributed by atoms with van der Waals surface area (Å²) in [7, 11) is 1.72. The number of aromatic nitrogens is 3. The lowest BCUT2D eigenvalue weighted by Gasteiger charge is -2.12. The zero-order valence-electron chi connectivity index (χ0n) is 14.6. The quantitative estimate of drug-likeness (QED) is 0.495. The summed E-state index contributed by atoms with van der Waals surface area (Å²) in [5.74, 6) is 0.276. The van der Waals surface area contributed by atoms with E-state index in [-0.39, 0.29) is 11.4 Å². The van der Waals surface area contributed by atoms with E-state index in [0.29, 0.717) is 11.4 Å². The normalized spacial score (nSPS) is 11.0. The molecule has 0 saturated carbocycles. The van der Waals surface area contributed by atoms with E-state index in [0.717, 1.165) is 27.7 Å². The zero-order chi connectivity index (χ0) is 18.3. The number of nitrogens with one attached hydrogen (secondary N) is 2. The molecule has 0 amide bonds. The van der Waals surface area contributed by atoms with Crippen molar-refractivity contribution in [1.82, 2.24) is 14.5 Å². The van der Waals surface area contributed by atoms with Gasteiger partial charge in [-0.05, 0) is 42.1 Å². The topological polar surface area (TPSA) is 88.7 Å². The lowest BCUT2D eigenvalue weighted by atomic mass is 10.0. The second-order valence-electron chi connectivity index (χ2n) is 6.32. The third-order valence-electron chi connectivity index (χ3n) is 4.54. The molecule has 0 atom stereocenters. The first-order chi connectivity index (χ1) is 12.5. The third kappa shape index (κ3) is 2.71. The molecule has 0 aliphatic carbocycles. The van der Waals surface area contributed by atoms with Crippen molar-refractivity contribution >= 4 is 28.1 Å². The number of anilines is 3. The van der Waals surface area contributed by atoms with Crippen molar-refractivity contribution in [3.63, 3.8) is 0 Å². The lowest BCUT2D eigenvalue weighted by Crippen LogP contribution is -2.21. The van der Waals surface area contributed by atoms with Crippen LogP contribution in [0.2, 0.25) is 0 Å². The van der Waals surface area contributed by atoms with E-state index in [4.69, 9.17) is 5.73 Å². The number of aryl methyl sites for hydroxylation is 1. The molecule has 0 bridgehead atoms. The highest BCUT2D eigenvalue weighted by Gasteiger charge is 2.12. The second kappa shape index (κ2) is 6.07. The number of rotatable bonds is 3. The van der Waals surface area contributed by atoms with Crippen molar-refractivity contribution in [1.29, 1.82) is 0 Å². The van der Waals surface area contributed by atoms with Crippen LogP contribution in [0.25, 0.3) is 22.2 Å².